The van der Waals surface area contributed by atoms with Gasteiger partial charge in [-0.05, 0) is 25.1 Å². The molecule has 8 nitrogen and oxygen atoms in total. The van der Waals surface area contributed by atoms with Crippen molar-refractivity contribution in [2.24, 2.45) is 0 Å². The number of nitrogens with one attached hydrogen (secondary N) is 1. The second kappa shape index (κ2) is 8.16. The highest BCUT2D eigenvalue weighted by Gasteiger charge is 2.48. The maximum Gasteiger partial charge on any atom is 0.256 e. The molecule has 0 aromatic carbocycles. The Kier molecular flexibility index (Phi) is 5.12. The number of fused-ring (bicyclic) bond motifs is 1. The van der Waals surface area contributed by atoms with E-state index in [1.807, 2.05) is 48.0 Å². The number of allylic oxidation sites excluding steroid dienone is 3. The number of rotatable bonds is 4. The lowest BCUT2D eigenvalue weighted by Gasteiger charge is -2.44. The Balaban J connectivity index is 1.18. The second-order valence-electron chi connectivity index (χ2n) is 8.87. The lowest BCUT2D eigenvalue weighted by molar-refractivity contribution is -0.948. The van der Waals surface area contributed by atoms with Crippen LogP contribution in [0.1, 0.15) is 5.82 Å². The number of nitrogens with zero attached hydrogens (tertiary/aromatic N) is 6. The molecule has 2 fully saturated rings. The molecule has 2 aromatic rings. The third-order valence-corrected chi connectivity index (χ3v) is 7.84. The van der Waals surface area contributed by atoms with Crippen molar-refractivity contribution in [1.82, 2.24) is 24.9 Å². The summed E-state index contributed by atoms with van der Waals surface area (Å²) in [6, 6.07) is 5.95. The van der Waals surface area contributed by atoms with Gasteiger partial charge in [0.1, 0.15) is 24.3 Å². The van der Waals surface area contributed by atoms with E-state index < -0.39 is 0 Å². The summed E-state index contributed by atoms with van der Waals surface area (Å²) in [5, 5.41) is 2.49. The number of amides is 1. The summed E-state index contributed by atoms with van der Waals surface area (Å²) in [5.74, 6) is 3.92. The topological polar surface area (TPSA) is 68.4 Å². The molecule has 1 amide bonds. The van der Waals surface area contributed by atoms with Crippen LogP contribution in [-0.4, -0.2) is 86.3 Å². The Bertz CT molecular complexity index is 1160. The van der Waals surface area contributed by atoms with Crippen LogP contribution in [0.3, 0.4) is 0 Å². The van der Waals surface area contributed by atoms with E-state index in [2.05, 4.69) is 44.3 Å². The van der Waals surface area contributed by atoms with E-state index in [-0.39, 0.29) is 5.91 Å². The average Bonchev–Trinajstić information content (AvgIpc) is 3.62. The molecule has 0 bridgehead atoms. The van der Waals surface area contributed by atoms with Gasteiger partial charge in [-0.15, -0.1) is 16.8 Å². The van der Waals surface area contributed by atoms with Gasteiger partial charge >= 0.3 is 0 Å². The minimum atomic E-state index is 0.201. The van der Waals surface area contributed by atoms with Crippen molar-refractivity contribution in [2.45, 2.75) is 6.92 Å². The molecular formula is C24H28N7OS+. The smallest absolute Gasteiger partial charge is 0.256 e. The molecule has 2 saturated heterocycles. The van der Waals surface area contributed by atoms with Gasteiger partial charge in [-0.25, -0.2) is 4.98 Å². The standard InChI is InChI=1S/C24H28N7OS/c1-18-26-22(21-6-2-3-7-25-21)23(27-18)28-8-10-30(11-9-28)31-13-4-5-20(31)15-19(16-31)24(32)29-12-14-33-17-29/h2-7,13,15H,8-12,14,16-17H2,1H3,(H,26,27)/q+1/t31-/m1/s1. The molecule has 0 radical (unpaired) electrons. The van der Waals surface area contributed by atoms with Crippen molar-refractivity contribution >= 4 is 23.5 Å². The number of imidazole rings is 1. The minimum Gasteiger partial charge on any atom is -0.352 e. The first-order valence-corrected chi connectivity index (χ1v) is 12.6. The molecule has 6 heterocycles. The summed E-state index contributed by atoms with van der Waals surface area (Å²) in [6.45, 7) is 7.09. The van der Waals surface area contributed by atoms with E-state index in [1.165, 1.54) is 5.70 Å². The highest BCUT2D eigenvalue weighted by Crippen LogP contribution is 2.38. The third kappa shape index (κ3) is 3.51. The molecule has 4 aliphatic rings. The third-order valence-electron chi connectivity index (χ3n) is 6.88. The summed E-state index contributed by atoms with van der Waals surface area (Å²) in [6.07, 6.45) is 10.5. The van der Waals surface area contributed by atoms with Crippen molar-refractivity contribution < 1.29 is 9.39 Å². The number of hydrogen-bond acceptors (Lipinski definition) is 6. The number of thioether (sulfide) groups is 1. The average molecular weight is 463 g/mol. The molecule has 4 aliphatic heterocycles. The number of hydrogen-bond donors (Lipinski definition) is 1. The SMILES string of the molecule is Cc1nc(N2CCN([N@@+]34C=CC=C3C=C(C(=O)N3CCSC3)C4)CC2)c(-c2ccccn2)[nH]1. The van der Waals surface area contributed by atoms with Crippen molar-refractivity contribution in [2.75, 3.05) is 55.8 Å². The monoisotopic (exact) mass is 462 g/mol. The Morgan fingerprint density at radius 2 is 2.06 bits per heavy atom. The van der Waals surface area contributed by atoms with Crippen LogP contribution in [0, 0.1) is 6.92 Å². The largest absolute Gasteiger partial charge is 0.352 e. The molecule has 0 aliphatic carbocycles. The van der Waals surface area contributed by atoms with Gasteiger partial charge in [-0.2, -0.15) is 4.59 Å². The lowest BCUT2D eigenvalue weighted by atomic mass is 10.2. The van der Waals surface area contributed by atoms with Crippen molar-refractivity contribution in [3.05, 3.63) is 65.9 Å². The molecule has 0 spiro atoms. The van der Waals surface area contributed by atoms with Crippen LogP contribution in [-0.2, 0) is 4.79 Å². The van der Waals surface area contributed by atoms with E-state index in [4.69, 9.17) is 4.98 Å². The Morgan fingerprint density at radius 1 is 1.18 bits per heavy atom. The van der Waals surface area contributed by atoms with E-state index in [1.54, 1.807) is 0 Å². The fourth-order valence-corrected chi connectivity index (χ4v) is 6.16. The summed E-state index contributed by atoms with van der Waals surface area (Å²) in [7, 11) is 0. The van der Waals surface area contributed by atoms with Gasteiger partial charge in [0.15, 0.2) is 11.5 Å². The fourth-order valence-electron chi connectivity index (χ4n) is 5.21. The predicted octanol–water partition coefficient (Wildman–Crippen LogP) is 2.52. The molecule has 6 rings (SSSR count). The zero-order chi connectivity index (χ0) is 22.4. The van der Waals surface area contributed by atoms with Gasteiger partial charge in [-0.1, -0.05) is 6.07 Å². The first-order chi connectivity index (χ1) is 16.1. The Labute approximate surface area is 197 Å². The number of pyridine rings is 1. The summed E-state index contributed by atoms with van der Waals surface area (Å²) in [4.78, 5) is 30.1. The second-order valence-corrected chi connectivity index (χ2v) is 9.94. The number of aromatic nitrogens is 3. The van der Waals surface area contributed by atoms with Crippen LogP contribution in [0.5, 0.6) is 0 Å². The van der Waals surface area contributed by atoms with Gasteiger partial charge in [0.05, 0.1) is 30.2 Å². The normalized spacial score (nSPS) is 24.9. The van der Waals surface area contributed by atoms with Crippen LogP contribution in [0.25, 0.3) is 11.4 Å². The Hall–Kier alpha value is -2.88. The molecule has 1 N–H and O–H groups in total. The van der Waals surface area contributed by atoms with Crippen molar-refractivity contribution in [1.29, 1.82) is 0 Å². The van der Waals surface area contributed by atoms with Crippen molar-refractivity contribution in [3.63, 3.8) is 0 Å². The maximum atomic E-state index is 13.1. The van der Waals surface area contributed by atoms with Gasteiger partial charge in [-0.3, -0.25) is 9.78 Å². The van der Waals surface area contributed by atoms with Gasteiger partial charge < -0.3 is 14.8 Å². The molecular weight excluding hydrogens is 434 g/mol. The van der Waals surface area contributed by atoms with Crippen LogP contribution in [0.4, 0.5) is 5.82 Å². The highest BCUT2D eigenvalue weighted by molar-refractivity contribution is 7.99. The molecule has 2 aromatic heterocycles. The molecule has 9 heteroatoms. The predicted molar refractivity (Wildman–Crippen MR) is 130 cm³/mol. The number of carbonyl (C=O) groups is 1. The molecule has 1 atom stereocenters. The minimum absolute atomic E-state index is 0.201. The number of carbonyl (C=O) groups excluding carboxylic acids is 1. The zero-order valence-electron chi connectivity index (χ0n) is 18.8. The zero-order valence-corrected chi connectivity index (χ0v) is 19.6. The summed E-state index contributed by atoms with van der Waals surface area (Å²) < 4.78 is 0.641. The van der Waals surface area contributed by atoms with Crippen LogP contribution >= 0.6 is 11.8 Å². The van der Waals surface area contributed by atoms with E-state index in [9.17, 15) is 4.79 Å². The quantitative estimate of drug-likeness (QED) is 0.705. The van der Waals surface area contributed by atoms with Crippen LogP contribution in [0.2, 0.25) is 0 Å². The first kappa shape index (κ1) is 20.7. The number of aryl methyl sites for hydroxylation is 1. The van der Waals surface area contributed by atoms with E-state index >= 15 is 0 Å². The van der Waals surface area contributed by atoms with E-state index in [0.717, 1.165) is 73.0 Å². The molecule has 170 valence electrons. The molecule has 33 heavy (non-hydrogen) atoms. The lowest BCUT2D eigenvalue weighted by Crippen LogP contribution is -2.60. The molecule has 0 unspecified atom stereocenters. The first-order valence-electron chi connectivity index (χ1n) is 11.5. The number of H-pyrrole nitrogens is 1. The molecule has 0 saturated carbocycles. The van der Waals surface area contributed by atoms with E-state index in [0.29, 0.717) is 11.1 Å². The van der Waals surface area contributed by atoms with Gasteiger partial charge in [0.2, 0.25) is 0 Å². The van der Waals surface area contributed by atoms with Crippen molar-refractivity contribution in [3.8, 4) is 11.4 Å². The Morgan fingerprint density at radius 3 is 2.82 bits per heavy atom. The number of piperazine rings is 1. The highest BCUT2D eigenvalue weighted by atomic mass is 32.2. The van der Waals surface area contributed by atoms with Gasteiger partial charge in [0, 0.05) is 43.7 Å². The maximum absolute atomic E-state index is 13.1. The number of anilines is 1. The van der Waals surface area contributed by atoms with Crippen LogP contribution in [0.15, 0.2) is 60.1 Å². The number of aromatic amines is 1. The fraction of sp³-hybridized carbons (Fsp3) is 0.375. The number of quaternary nitrogens is 1. The van der Waals surface area contributed by atoms with Gasteiger partial charge in [0.25, 0.3) is 5.91 Å². The van der Waals surface area contributed by atoms with Crippen LogP contribution < -0.4 is 4.90 Å². The summed E-state index contributed by atoms with van der Waals surface area (Å²) in [5.41, 5.74) is 4.02. The summed E-state index contributed by atoms with van der Waals surface area (Å²) >= 11 is 1.83.